The summed E-state index contributed by atoms with van der Waals surface area (Å²) in [4.78, 5) is 11.4. The summed E-state index contributed by atoms with van der Waals surface area (Å²) in [5.41, 5.74) is 0. The number of esters is 1. The molecule has 132 valence electrons. The van der Waals surface area contributed by atoms with Gasteiger partial charge in [0, 0.05) is 5.92 Å². The molecule has 1 aliphatic rings. The first-order valence-corrected chi connectivity index (χ1v) is 9.43. The van der Waals surface area contributed by atoms with Crippen LogP contribution in [0.3, 0.4) is 0 Å². The van der Waals surface area contributed by atoms with Crippen molar-refractivity contribution >= 4 is 13.8 Å². The molecule has 2 aromatic rings. The molecule has 0 radical (unpaired) electrons. The number of rotatable bonds is 7. The van der Waals surface area contributed by atoms with Crippen LogP contribution in [0.25, 0.3) is 0 Å². The highest BCUT2D eigenvalue weighted by molar-refractivity contribution is 7.49. The van der Waals surface area contributed by atoms with E-state index in [9.17, 15) is 9.36 Å². The summed E-state index contributed by atoms with van der Waals surface area (Å²) in [6.07, 6.45) is -0.156. The highest BCUT2D eigenvalue weighted by Crippen LogP contribution is 2.50. The third kappa shape index (κ3) is 4.84. The summed E-state index contributed by atoms with van der Waals surface area (Å²) in [6.45, 7) is 1.81. The van der Waals surface area contributed by atoms with Gasteiger partial charge in [0.25, 0.3) is 0 Å². The molecule has 1 aliphatic heterocycles. The number of para-hydroxylation sites is 2. The molecule has 7 heteroatoms. The zero-order chi connectivity index (χ0) is 17.7. The second-order valence-electron chi connectivity index (χ2n) is 5.76. The van der Waals surface area contributed by atoms with Gasteiger partial charge in [-0.05, 0) is 24.3 Å². The normalized spacial score (nSPS) is 20.1. The van der Waals surface area contributed by atoms with E-state index in [-0.39, 0.29) is 18.5 Å². The van der Waals surface area contributed by atoms with Crippen LogP contribution >= 0.6 is 7.82 Å². The topological polar surface area (TPSA) is 71.1 Å². The minimum atomic E-state index is -3.95. The Kier molecular flexibility index (Phi) is 5.41. The lowest BCUT2D eigenvalue weighted by atomic mass is 10.1. The molecule has 1 fully saturated rings. The van der Waals surface area contributed by atoms with E-state index >= 15 is 0 Å². The van der Waals surface area contributed by atoms with Crippen molar-refractivity contribution in [1.29, 1.82) is 0 Å². The van der Waals surface area contributed by atoms with Crippen molar-refractivity contribution in [1.82, 2.24) is 0 Å². The molecular formula is C18H19O6P. The standard InChI is InChI=1S/C18H19O6P/c1-14-12-18(19)22-17(14)13-21-25(20,23-15-8-4-2-5-9-15)24-16-10-6-3-7-11-16/h2-11,14,17H,12-13H2,1H3. The lowest BCUT2D eigenvalue weighted by Gasteiger charge is -2.21. The molecule has 0 aromatic heterocycles. The molecule has 1 heterocycles. The summed E-state index contributed by atoms with van der Waals surface area (Å²) in [5, 5.41) is 0. The van der Waals surface area contributed by atoms with Crippen LogP contribution in [0.4, 0.5) is 0 Å². The van der Waals surface area contributed by atoms with Crippen LogP contribution in [-0.2, 0) is 18.6 Å². The maximum absolute atomic E-state index is 13.1. The number of ether oxygens (including phenoxy) is 1. The first kappa shape index (κ1) is 17.5. The summed E-state index contributed by atoms with van der Waals surface area (Å²) >= 11 is 0. The van der Waals surface area contributed by atoms with E-state index in [1.807, 2.05) is 19.1 Å². The molecule has 0 spiro atoms. The van der Waals surface area contributed by atoms with Crippen molar-refractivity contribution in [2.45, 2.75) is 19.4 Å². The largest absolute Gasteiger partial charge is 0.587 e. The second kappa shape index (κ2) is 7.72. The van der Waals surface area contributed by atoms with E-state index in [0.29, 0.717) is 17.9 Å². The van der Waals surface area contributed by atoms with Gasteiger partial charge >= 0.3 is 13.8 Å². The van der Waals surface area contributed by atoms with E-state index in [1.54, 1.807) is 48.5 Å². The van der Waals surface area contributed by atoms with Crippen molar-refractivity contribution in [3.8, 4) is 11.5 Å². The average molecular weight is 362 g/mol. The van der Waals surface area contributed by atoms with E-state index in [4.69, 9.17) is 18.3 Å². The van der Waals surface area contributed by atoms with Crippen LogP contribution < -0.4 is 9.05 Å². The minimum Gasteiger partial charge on any atom is -0.460 e. The van der Waals surface area contributed by atoms with Crippen molar-refractivity contribution in [2.75, 3.05) is 6.61 Å². The van der Waals surface area contributed by atoms with Crippen LogP contribution in [0.2, 0.25) is 0 Å². The summed E-state index contributed by atoms with van der Waals surface area (Å²) in [5.74, 6) is 0.412. The lowest BCUT2D eigenvalue weighted by molar-refractivity contribution is -0.142. The first-order valence-electron chi connectivity index (χ1n) is 7.97. The molecule has 2 atom stereocenters. The number of phosphoric ester groups is 1. The van der Waals surface area contributed by atoms with Crippen molar-refractivity contribution in [2.24, 2.45) is 5.92 Å². The van der Waals surface area contributed by atoms with Gasteiger partial charge in [-0.3, -0.25) is 9.32 Å². The molecule has 0 amide bonds. The number of phosphoric acid groups is 1. The van der Waals surface area contributed by atoms with Crippen LogP contribution in [0, 0.1) is 5.92 Å². The zero-order valence-corrected chi connectivity index (χ0v) is 14.6. The molecule has 2 unspecified atom stereocenters. The van der Waals surface area contributed by atoms with Gasteiger partial charge < -0.3 is 13.8 Å². The van der Waals surface area contributed by atoms with Crippen LogP contribution in [0.15, 0.2) is 60.7 Å². The highest BCUT2D eigenvalue weighted by Gasteiger charge is 2.37. The summed E-state index contributed by atoms with van der Waals surface area (Å²) < 4.78 is 34.7. The molecule has 2 aromatic carbocycles. The van der Waals surface area contributed by atoms with E-state index in [0.717, 1.165) is 0 Å². The third-order valence-electron chi connectivity index (χ3n) is 3.72. The Labute approximate surface area is 146 Å². The van der Waals surface area contributed by atoms with E-state index < -0.39 is 13.9 Å². The van der Waals surface area contributed by atoms with Gasteiger partial charge in [0.2, 0.25) is 0 Å². The lowest BCUT2D eigenvalue weighted by Crippen LogP contribution is -2.21. The SMILES string of the molecule is CC1CC(=O)OC1COP(=O)(Oc1ccccc1)Oc1ccccc1. The van der Waals surface area contributed by atoms with Gasteiger partial charge in [-0.1, -0.05) is 43.3 Å². The Hall–Kier alpha value is -2.30. The number of cyclic esters (lactones) is 1. The Morgan fingerprint density at radius 2 is 1.52 bits per heavy atom. The average Bonchev–Trinajstić information content (AvgIpc) is 2.92. The smallest absolute Gasteiger partial charge is 0.460 e. The number of hydrogen-bond acceptors (Lipinski definition) is 6. The van der Waals surface area contributed by atoms with Gasteiger partial charge in [0.15, 0.2) is 0 Å². The zero-order valence-electron chi connectivity index (χ0n) is 13.7. The van der Waals surface area contributed by atoms with E-state index in [2.05, 4.69) is 0 Å². The maximum atomic E-state index is 13.1. The second-order valence-corrected chi connectivity index (χ2v) is 7.28. The summed E-state index contributed by atoms with van der Waals surface area (Å²) in [6, 6.07) is 17.3. The third-order valence-corrected chi connectivity index (χ3v) is 5.06. The minimum absolute atomic E-state index is 0.0191. The predicted octanol–water partition coefficient (Wildman–Crippen LogP) is 4.22. The predicted molar refractivity (Wildman–Crippen MR) is 91.4 cm³/mol. The van der Waals surface area contributed by atoms with Crippen LogP contribution in [0.1, 0.15) is 13.3 Å². The number of carbonyl (C=O) groups is 1. The van der Waals surface area contributed by atoms with Gasteiger partial charge in [-0.25, -0.2) is 4.57 Å². The van der Waals surface area contributed by atoms with Crippen molar-refractivity contribution in [3.63, 3.8) is 0 Å². The number of benzene rings is 2. The first-order chi connectivity index (χ1) is 12.0. The Morgan fingerprint density at radius 3 is 1.96 bits per heavy atom. The molecule has 6 nitrogen and oxygen atoms in total. The van der Waals surface area contributed by atoms with E-state index in [1.165, 1.54) is 0 Å². The Balaban J connectivity index is 1.74. The van der Waals surface area contributed by atoms with Gasteiger partial charge in [-0.15, -0.1) is 0 Å². The fourth-order valence-corrected chi connectivity index (χ4v) is 3.61. The molecule has 0 aliphatic carbocycles. The van der Waals surface area contributed by atoms with Gasteiger partial charge in [0.1, 0.15) is 17.6 Å². The highest BCUT2D eigenvalue weighted by atomic mass is 31.2. The van der Waals surface area contributed by atoms with Crippen molar-refractivity contribution < 1.29 is 27.7 Å². The molecule has 0 saturated carbocycles. The fraction of sp³-hybridized carbons (Fsp3) is 0.278. The molecule has 3 rings (SSSR count). The molecular weight excluding hydrogens is 343 g/mol. The molecule has 0 bridgehead atoms. The van der Waals surface area contributed by atoms with Crippen molar-refractivity contribution in [3.05, 3.63) is 60.7 Å². The van der Waals surface area contributed by atoms with Gasteiger partial charge in [-0.2, -0.15) is 0 Å². The molecule has 25 heavy (non-hydrogen) atoms. The Morgan fingerprint density at radius 1 is 1.00 bits per heavy atom. The monoisotopic (exact) mass is 362 g/mol. The quantitative estimate of drug-likeness (QED) is 0.542. The van der Waals surface area contributed by atoms with Gasteiger partial charge in [0.05, 0.1) is 13.0 Å². The fourth-order valence-electron chi connectivity index (χ4n) is 2.38. The summed E-state index contributed by atoms with van der Waals surface area (Å²) in [7, 11) is -3.95. The number of hydrogen-bond donors (Lipinski definition) is 0. The number of carbonyl (C=O) groups excluding carboxylic acids is 1. The maximum Gasteiger partial charge on any atom is 0.587 e. The van der Waals surface area contributed by atoms with Crippen LogP contribution in [0.5, 0.6) is 11.5 Å². The molecule has 0 N–H and O–H groups in total. The Bertz CT molecular complexity index is 703. The molecule has 1 saturated heterocycles. The van der Waals surface area contributed by atoms with Crippen LogP contribution in [-0.4, -0.2) is 18.7 Å².